The van der Waals surface area contributed by atoms with E-state index < -0.39 is 0 Å². The Hall–Kier alpha value is -0.0800. The van der Waals surface area contributed by atoms with Crippen molar-refractivity contribution in [1.82, 2.24) is 5.32 Å². The fourth-order valence-electron chi connectivity index (χ4n) is 2.18. The summed E-state index contributed by atoms with van der Waals surface area (Å²) in [7, 11) is 1.78. The monoisotopic (exact) mass is 199 g/mol. The highest BCUT2D eigenvalue weighted by atomic mass is 16.5. The predicted molar refractivity (Wildman–Crippen MR) is 60.5 cm³/mol. The molecule has 0 aliphatic carbocycles. The van der Waals surface area contributed by atoms with Crippen molar-refractivity contribution in [3.05, 3.63) is 0 Å². The van der Waals surface area contributed by atoms with E-state index in [1.165, 1.54) is 32.2 Å². The molecule has 1 rings (SSSR count). The molecule has 1 saturated heterocycles. The van der Waals surface area contributed by atoms with Gasteiger partial charge in [0, 0.05) is 19.8 Å². The third-order valence-electron chi connectivity index (χ3n) is 3.26. The van der Waals surface area contributed by atoms with E-state index in [9.17, 15) is 0 Å². The summed E-state index contributed by atoms with van der Waals surface area (Å²) in [6, 6.07) is 0.762. The van der Waals surface area contributed by atoms with Crippen molar-refractivity contribution in [3.63, 3.8) is 0 Å². The van der Waals surface area contributed by atoms with Crippen LogP contribution in [0.15, 0.2) is 0 Å². The zero-order valence-corrected chi connectivity index (χ0v) is 9.88. The number of hydrogen-bond acceptors (Lipinski definition) is 2. The lowest BCUT2D eigenvalue weighted by Crippen LogP contribution is -2.39. The van der Waals surface area contributed by atoms with Crippen LogP contribution in [-0.4, -0.2) is 26.3 Å². The van der Waals surface area contributed by atoms with Gasteiger partial charge in [-0.1, -0.05) is 13.8 Å². The molecule has 1 aliphatic rings. The molecule has 0 aromatic carbocycles. The number of hydrogen-bond donors (Lipinski definition) is 1. The molecule has 0 aromatic heterocycles. The van der Waals surface area contributed by atoms with Gasteiger partial charge >= 0.3 is 0 Å². The van der Waals surface area contributed by atoms with Crippen LogP contribution in [0.2, 0.25) is 0 Å². The maximum absolute atomic E-state index is 5.10. The largest absolute Gasteiger partial charge is 0.385 e. The molecule has 0 spiro atoms. The van der Waals surface area contributed by atoms with Gasteiger partial charge in [-0.15, -0.1) is 0 Å². The van der Waals surface area contributed by atoms with Crippen molar-refractivity contribution in [2.45, 2.75) is 45.6 Å². The smallest absolute Gasteiger partial charge is 0.0464 e. The number of piperidine rings is 1. The van der Waals surface area contributed by atoms with Gasteiger partial charge < -0.3 is 10.1 Å². The minimum Gasteiger partial charge on any atom is -0.385 e. The third-order valence-corrected chi connectivity index (χ3v) is 3.26. The van der Waals surface area contributed by atoms with Crippen molar-refractivity contribution in [2.75, 3.05) is 20.3 Å². The zero-order chi connectivity index (χ0) is 10.4. The first-order chi connectivity index (χ1) is 6.72. The van der Waals surface area contributed by atoms with E-state index in [1.54, 1.807) is 7.11 Å². The molecule has 1 heterocycles. The summed E-state index contributed by atoms with van der Waals surface area (Å²) in [6.07, 6.45) is 5.27. The van der Waals surface area contributed by atoms with Crippen molar-refractivity contribution in [3.8, 4) is 0 Å². The maximum atomic E-state index is 5.10. The van der Waals surface area contributed by atoms with Crippen molar-refractivity contribution < 1.29 is 4.74 Å². The highest BCUT2D eigenvalue weighted by Gasteiger charge is 2.18. The second-order valence-electron chi connectivity index (χ2n) is 4.91. The quantitative estimate of drug-likeness (QED) is 0.734. The second-order valence-corrected chi connectivity index (χ2v) is 4.91. The Morgan fingerprint density at radius 3 is 2.79 bits per heavy atom. The van der Waals surface area contributed by atoms with Gasteiger partial charge in [-0.25, -0.2) is 0 Å². The van der Waals surface area contributed by atoms with Crippen molar-refractivity contribution in [1.29, 1.82) is 0 Å². The van der Waals surface area contributed by atoms with Gasteiger partial charge in [0.1, 0.15) is 0 Å². The van der Waals surface area contributed by atoms with E-state index in [0.29, 0.717) is 0 Å². The van der Waals surface area contributed by atoms with Gasteiger partial charge in [-0.2, -0.15) is 0 Å². The summed E-state index contributed by atoms with van der Waals surface area (Å²) >= 11 is 0. The van der Waals surface area contributed by atoms with Gasteiger partial charge in [0.05, 0.1) is 0 Å². The Balaban J connectivity index is 2.10. The molecule has 1 fully saturated rings. The minimum atomic E-state index is 0.762. The van der Waals surface area contributed by atoms with E-state index >= 15 is 0 Å². The SMILES string of the molecule is COCCC(C)CC1CCC(C)CN1. The van der Waals surface area contributed by atoms with Gasteiger partial charge in [-0.3, -0.25) is 0 Å². The molecule has 1 aliphatic heterocycles. The molecule has 1 N–H and O–H groups in total. The van der Waals surface area contributed by atoms with Crippen LogP contribution >= 0.6 is 0 Å². The summed E-state index contributed by atoms with van der Waals surface area (Å²) < 4.78 is 5.10. The van der Waals surface area contributed by atoms with E-state index in [2.05, 4.69) is 19.2 Å². The Morgan fingerprint density at radius 1 is 1.43 bits per heavy atom. The fraction of sp³-hybridized carbons (Fsp3) is 1.00. The van der Waals surface area contributed by atoms with Crippen LogP contribution < -0.4 is 5.32 Å². The van der Waals surface area contributed by atoms with E-state index in [4.69, 9.17) is 4.74 Å². The fourth-order valence-corrected chi connectivity index (χ4v) is 2.18. The standard InChI is InChI=1S/C12H25NO/c1-10(6-7-14-3)8-12-5-4-11(2)9-13-12/h10-13H,4-9H2,1-3H3. The normalized spacial score (nSPS) is 30.2. The lowest BCUT2D eigenvalue weighted by Gasteiger charge is -2.29. The average Bonchev–Trinajstić information content (AvgIpc) is 2.18. The number of rotatable bonds is 5. The van der Waals surface area contributed by atoms with Gasteiger partial charge in [-0.05, 0) is 44.1 Å². The van der Waals surface area contributed by atoms with E-state index in [0.717, 1.165) is 24.5 Å². The van der Waals surface area contributed by atoms with E-state index in [1.807, 2.05) is 0 Å². The van der Waals surface area contributed by atoms with Crippen LogP contribution in [0.3, 0.4) is 0 Å². The molecule has 3 unspecified atom stereocenters. The molecule has 0 aromatic rings. The van der Waals surface area contributed by atoms with Gasteiger partial charge in [0.15, 0.2) is 0 Å². The van der Waals surface area contributed by atoms with Crippen LogP contribution in [0.25, 0.3) is 0 Å². The Kier molecular flexibility index (Phi) is 5.49. The number of nitrogens with one attached hydrogen (secondary N) is 1. The molecular weight excluding hydrogens is 174 g/mol. The van der Waals surface area contributed by atoms with Crippen LogP contribution in [0.5, 0.6) is 0 Å². The molecule has 14 heavy (non-hydrogen) atoms. The molecule has 0 radical (unpaired) electrons. The molecule has 0 bridgehead atoms. The van der Waals surface area contributed by atoms with Crippen LogP contribution in [-0.2, 0) is 4.74 Å². The molecule has 84 valence electrons. The third kappa shape index (κ3) is 4.43. The summed E-state index contributed by atoms with van der Waals surface area (Å²) in [5.74, 6) is 1.67. The molecule has 2 nitrogen and oxygen atoms in total. The summed E-state index contributed by atoms with van der Waals surface area (Å²) in [4.78, 5) is 0. The average molecular weight is 199 g/mol. The summed E-state index contributed by atoms with van der Waals surface area (Å²) in [5, 5.41) is 3.64. The lowest BCUT2D eigenvalue weighted by atomic mass is 9.90. The zero-order valence-electron chi connectivity index (χ0n) is 9.88. The van der Waals surface area contributed by atoms with Crippen LogP contribution in [0.4, 0.5) is 0 Å². The second kappa shape index (κ2) is 6.41. The number of methoxy groups -OCH3 is 1. The van der Waals surface area contributed by atoms with Gasteiger partial charge in [0.2, 0.25) is 0 Å². The number of ether oxygens (including phenoxy) is 1. The van der Waals surface area contributed by atoms with Crippen LogP contribution in [0, 0.1) is 11.8 Å². The van der Waals surface area contributed by atoms with Crippen molar-refractivity contribution >= 4 is 0 Å². The van der Waals surface area contributed by atoms with Crippen LogP contribution in [0.1, 0.15) is 39.5 Å². The van der Waals surface area contributed by atoms with Crippen molar-refractivity contribution in [2.24, 2.45) is 11.8 Å². The molecule has 3 atom stereocenters. The van der Waals surface area contributed by atoms with E-state index in [-0.39, 0.29) is 0 Å². The Morgan fingerprint density at radius 2 is 2.21 bits per heavy atom. The maximum Gasteiger partial charge on any atom is 0.0464 e. The first-order valence-corrected chi connectivity index (χ1v) is 5.94. The predicted octanol–water partition coefficient (Wildman–Crippen LogP) is 2.44. The molecule has 2 heteroatoms. The summed E-state index contributed by atoms with van der Waals surface area (Å²) in [5.41, 5.74) is 0. The first kappa shape index (κ1) is 12.0. The molecule has 0 amide bonds. The Bertz CT molecular complexity index is 141. The summed E-state index contributed by atoms with van der Waals surface area (Å²) in [6.45, 7) is 6.78. The van der Waals surface area contributed by atoms with Gasteiger partial charge in [0.25, 0.3) is 0 Å². The first-order valence-electron chi connectivity index (χ1n) is 5.94. The topological polar surface area (TPSA) is 21.3 Å². The minimum absolute atomic E-state index is 0.762. The Labute approximate surface area is 88.4 Å². The molecular formula is C12H25NO. The highest BCUT2D eigenvalue weighted by molar-refractivity contribution is 4.77. The highest BCUT2D eigenvalue weighted by Crippen LogP contribution is 2.20. The molecule has 0 saturated carbocycles. The lowest BCUT2D eigenvalue weighted by molar-refractivity contribution is 0.172.